The summed E-state index contributed by atoms with van der Waals surface area (Å²) in [6.45, 7) is 1.99. The van der Waals surface area contributed by atoms with Crippen molar-refractivity contribution in [2.24, 2.45) is 0 Å². The van der Waals surface area contributed by atoms with Crippen LogP contribution in [-0.2, 0) is 17.8 Å². The Balaban J connectivity index is 1.32. The number of benzene rings is 3. The predicted molar refractivity (Wildman–Crippen MR) is 141 cm³/mol. The van der Waals surface area contributed by atoms with E-state index in [0.29, 0.717) is 43.2 Å². The van der Waals surface area contributed by atoms with Crippen LogP contribution in [0.3, 0.4) is 0 Å². The third-order valence-electron chi connectivity index (χ3n) is 7.28. The molecule has 0 spiro atoms. The number of aromatic nitrogens is 3. The Bertz CT molecular complexity index is 1450. The lowest BCUT2D eigenvalue weighted by molar-refractivity contribution is -0.121. The quantitative estimate of drug-likeness (QED) is 0.380. The number of amides is 1. The van der Waals surface area contributed by atoms with Crippen LogP contribution in [0.1, 0.15) is 29.2 Å². The van der Waals surface area contributed by atoms with Crippen LogP contribution >= 0.6 is 0 Å². The second-order valence-electron chi connectivity index (χ2n) is 9.77. The summed E-state index contributed by atoms with van der Waals surface area (Å²) in [6.07, 6.45) is 0.882. The van der Waals surface area contributed by atoms with Gasteiger partial charge in [0.15, 0.2) is 23.0 Å². The first-order chi connectivity index (χ1) is 18.6. The number of hydrogen-bond acceptors (Lipinski definition) is 7. The lowest BCUT2D eigenvalue weighted by Gasteiger charge is -2.21. The normalized spacial score (nSPS) is 19.3. The maximum Gasteiger partial charge on any atom is 0.220 e. The van der Waals surface area contributed by atoms with E-state index >= 15 is 0 Å². The number of phenolic OH excluding ortho intramolecular Hbond substituents is 1. The number of phenols is 1. The van der Waals surface area contributed by atoms with Gasteiger partial charge < -0.3 is 19.9 Å². The van der Waals surface area contributed by atoms with E-state index in [2.05, 4.69) is 25.6 Å². The molecule has 9 heteroatoms. The number of rotatable bonds is 4. The summed E-state index contributed by atoms with van der Waals surface area (Å²) in [5.74, 6) is 1.48. The third kappa shape index (κ3) is 4.80. The van der Waals surface area contributed by atoms with Gasteiger partial charge in [0.05, 0.1) is 7.11 Å². The molecule has 9 nitrogen and oxygen atoms in total. The topological polar surface area (TPSA) is 113 Å². The van der Waals surface area contributed by atoms with Gasteiger partial charge in [0.25, 0.3) is 0 Å². The molecule has 3 aromatic carbocycles. The second-order valence-corrected chi connectivity index (χ2v) is 9.77. The highest BCUT2D eigenvalue weighted by Gasteiger charge is 2.36. The van der Waals surface area contributed by atoms with Crippen LogP contribution in [0.15, 0.2) is 66.7 Å². The zero-order valence-electron chi connectivity index (χ0n) is 21.1. The fraction of sp³-hybridized carbons (Fsp3) is 0.276. The molecule has 4 aromatic rings. The minimum atomic E-state index is -0.0897. The largest absolute Gasteiger partial charge is 0.504 e. The van der Waals surface area contributed by atoms with Gasteiger partial charge in [-0.3, -0.25) is 9.69 Å². The van der Waals surface area contributed by atoms with Crippen LogP contribution in [0.4, 0.5) is 0 Å². The van der Waals surface area contributed by atoms with Crippen molar-refractivity contribution in [3.63, 3.8) is 0 Å². The molecule has 0 saturated carbocycles. The van der Waals surface area contributed by atoms with Gasteiger partial charge in [-0.25, -0.2) is 0 Å². The van der Waals surface area contributed by atoms with Crippen LogP contribution in [0.25, 0.3) is 11.3 Å². The average Bonchev–Trinajstić information content (AvgIpc) is 3.56. The number of aromatic hydroxyl groups is 1. The van der Waals surface area contributed by atoms with Crippen LogP contribution < -0.4 is 14.8 Å². The van der Waals surface area contributed by atoms with Crippen molar-refractivity contribution in [2.45, 2.75) is 31.3 Å². The van der Waals surface area contributed by atoms with E-state index in [1.807, 2.05) is 54.6 Å². The smallest absolute Gasteiger partial charge is 0.220 e. The lowest BCUT2D eigenvalue weighted by Crippen LogP contribution is -2.39. The Morgan fingerprint density at radius 3 is 2.74 bits per heavy atom. The number of nitrogens with zero attached hydrogens (tertiary/aromatic N) is 3. The first kappa shape index (κ1) is 24.0. The van der Waals surface area contributed by atoms with Gasteiger partial charge in [0.2, 0.25) is 5.91 Å². The zero-order chi connectivity index (χ0) is 26.1. The van der Waals surface area contributed by atoms with Crippen LogP contribution in [0, 0.1) is 0 Å². The molecule has 2 aliphatic heterocycles. The van der Waals surface area contributed by atoms with Crippen LogP contribution in [0.2, 0.25) is 0 Å². The fourth-order valence-corrected chi connectivity index (χ4v) is 5.36. The van der Waals surface area contributed by atoms with Gasteiger partial charge in [0, 0.05) is 43.6 Å². The molecule has 194 valence electrons. The van der Waals surface area contributed by atoms with Crippen molar-refractivity contribution in [1.82, 2.24) is 25.6 Å². The second kappa shape index (κ2) is 10.2. The number of methoxy groups -OCH3 is 1. The van der Waals surface area contributed by atoms with Gasteiger partial charge in [-0.1, -0.05) is 42.5 Å². The number of aryl methyl sites for hydroxylation is 1. The summed E-state index contributed by atoms with van der Waals surface area (Å²) >= 11 is 0. The highest BCUT2D eigenvalue weighted by molar-refractivity contribution is 5.77. The summed E-state index contributed by atoms with van der Waals surface area (Å²) < 4.78 is 11.7. The van der Waals surface area contributed by atoms with Crippen molar-refractivity contribution in [1.29, 1.82) is 0 Å². The van der Waals surface area contributed by atoms with Crippen molar-refractivity contribution in [2.75, 3.05) is 20.2 Å². The molecule has 0 unspecified atom stereocenters. The molecule has 4 bridgehead atoms. The molecule has 6 rings (SSSR count). The van der Waals surface area contributed by atoms with E-state index in [-0.39, 0.29) is 23.6 Å². The van der Waals surface area contributed by atoms with Crippen LogP contribution in [0.5, 0.6) is 23.0 Å². The highest BCUT2D eigenvalue weighted by Crippen LogP contribution is 2.40. The number of nitrogens with one attached hydrogen (secondary N) is 2. The molecule has 3 N–H and O–H groups in total. The SMILES string of the molecule is COc1ccc2cc1Oc1cc(ccc1O)CCC(=O)N[C@@H]1CN(Cc3n[nH]nc3-c3ccccc3)C[C@@H]21. The minimum absolute atomic E-state index is 0.00298. The Kier molecular flexibility index (Phi) is 6.43. The zero-order valence-corrected chi connectivity index (χ0v) is 21.1. The average molecular weight is 512 g/mol. The molecule has 2 atom stereocenters. The van der Waals surface area contributed by atoms with E-state index in [9.17, 15) is 9.90 Å². The van der Waals surface area contributed by atoms with Crippen molar-refractivity contribution in [3.8, 4) is 34.3 Å². The molecule has 3 heterocycles. The number of H-pyrrole nitrogens is 1. The number of carbonyl (C=O) groups excluding carboxylic acids is 1. The molecular formula is C29H29N5O4. The van der Waals surface area contributed by atoms with E-state index in [1.54, 1.807) is 19.2 Å². The molecular weight excluding hydrogens is 482 g/mol. The van der Waals surface area contributed by atoms with Gasteiger partial charge in [0.1, 0.15) is 11.4 Å². The van der Waals surface area contributed by atoms with E-state index in [4.69, 9.17) is 9.47 Å². The number of fused-ring (bicyclic) bond motifs is 6. The van der Waals surface area contributed by atoms with E-state index < -0.39 is 0 Å². The Morgan fingerprint density at radius 2 is 1.89 bits per heavy atom. The summed E-state index contributed by atoms with van der Waals surface area (Å²) in [6, 6.07) is 20.9. The number of hydrogen-bond donors (Lipinski definition) is 3. The standard InChI is InChI=1S/C29H29N5O4/c1-37-25-11-9-20-14-27(25)38-26-13-18(7-10-24(26)35)8-12-28(36)30-22-16-34(15-21(20)22)17-23-29(32-33-31-23)19-5-3-2-4-6-19/h2-7,9-11,13-14,21-22,35H,8,12,15-17H2,1H3,(H,30,36)(H,31,32,33)/t21-,22+/m0/s1. The van der Waals surface area contributed by atoms with Gasteiger partial charge in [-0.2, -0.15) is 15.4 Å². The highest BCUT2D eigenvalue weighted by atomic mass is 16.5. The molecule has 1 saturated heterocycles. The Morgan fingerprint density at radius 1 is 1.03 bits per heavy atom. The summed E-state index contributed by atoms with van der Waals surface area (Å²) in [5.41, 5.74) is 4.63. The van der Waals surface area contributed by atoms with Crippen molar-refractivity contribution < 1.29 is 19.4 Å². The van der Waals surface area contributed by atoms with Crippen molar-refractivity contribution in [3.05, 3.63) is 83.6 Å². The molecule has 38 heavy (non-hydrogen) atoms. The molecule has 1 aromatic heterocycles. The molecule has 0 radical (unpaired) electrons. The van der Waals surface area contributed by atoms with Gasteiger partial charge in [-0.15, -0.1) is 0 Å². The first-order valence-electron chi connectivity index (χ1n) is 12.7. The Labute approximate surface area is 220 Å². The minimum Gasteiger partial charge on any atom is -0.504 e. The molecule has 1 fully saturated rings. The summed E-state index contributed by atoms with van der Waals surface area (Å²) in [5, 5.41) is 25.3. The summed E-state index contributed by atoms with van der Waals surface area (Å²) in [4.78, 5) is 15.3. The number of likely N-dealkylation sites (tertiary alicyclic amines) is 1. The van der Waals surface area contributed by atoms with Crippen LogP contribution in [-0.4, -0.2) is 57.6 Å². The van der Waals surface area contributed by atoms with E-state index in [0.717, 1.165) is 34.6 Å². The number of aromatic amines is 1. The maximum atomic E-state index is 13.0. The predicted octanol–water partition coefficient (Wildman–Crippen LogP) is 4.01. The van der Waals surface area contributed by atoms with Crippen molar-refractivity contribution >= 4 is 5.91 Å². The molecule has 0 aliphatic carbocycles. The Hall–Kier alpha value is -4.37. The fourth-order valence-electron chi connectivity index (χ4n) is 5.36. The summed E-state index contributed by atoms with van der Waals surface area (Å²) in [7, 11) is 1.59. The number of carbonyl (C=O) groups is 1. The van der Waals surface area contributed by atoms with Gasteiger partial charge in [-0.05, 0) is 41.8 Å². The lowest BCUT2D eigenvalue weighted by atomic mass is 9.93. The van der Waals surface area contributed by atoms with E-state index in [1.165, 1.54) is 0 Å². The monoisotopic (exact) mass is 511 g/mol. The maximum absolute atomic E-state index is 13.0. The van der Waals surface area contributed by atoms with Gasteiger partial charge >= 0.3 is 0 Å². The molecule has 1 amide bonds. The molecule has 2 aliphatic rings. The third-order valence-corrected chi connectivity index (χ3v) is 7.28. The first-order valence-corrected chi connectivity index (χ1v) is 12.7. The number of ether oxygens (including phenoxy) is 2.